The van der Waals surface area contributed by atoms with Crippen LogP contribution in [0.3, 0.4) is 0 Å². The summed E-state index contributed by atoms with van der Waals surface area (Å²) in [5, 5.41) is 1.30. The number of ether oxygens (including phenoxy) is 1. The molecule has 33 heavy (non-hydrogen) atoms. The van der Waals surface area contributed by atoms with Gasteiger partial charge < -0.3 is 14.1 Å². The van der Waals surface area contributed by atoms with Gasteiger partial charge in [0.15, 0.2) is 5.43 Å². The van der Waals surface area contributed by atoms with E-state index in [1.807, 2.05) is 30.3 Å². The maximum absolute atomic E-state index is 13.5. The lowest BCUT2D eigenvalue weighted by Gasteiger charge is -2.25. The molecule has 0 aliphatic carbocycles. The average molecular weight is 480 g/mol. The Balaban J connectivity index is 1.61. The molecule has 0 saturated heterocycles. The third-order valence-electron chi connectivity index (χ3n) is 5.89. The van der Waals surface area contributed by atoms with Gasteiger partial charge in [-0.3, -0.25) is 9.59 Å². The molecule has 7 heteroatoms. The topological polar surface area (TPSA) is 59.8 Å². The van der Waals surface area contributed by atoms with Crippen molar-refractivity contribution in [3.8, 4) is 5.75 Å². The van der Waals surface area contributed by atoms with Crippen LogP contribution >= 0.6 is 23.2 Å². The monoisotopic (exact) mass is 479 g/mol. The second-order valence-corrected chi connectivity index (χ2v) is 8.74. The second-order valence-electron chi connectivity index (χ2n) is 7.87. The van der Waals surface area contributed by atoms with Gasteiger partial charge in [-0.25, -0.2) is 0 Å². The highest BCUT2D eigenvalue weighted by Crippen LogP contribution is 2.39. The van der Waals surface area contributed by atoms with Gasteiger partial charge in [0, 0.05) is 16.6 Å². The van der Waals surface area contributed by atoms with Gasteiger partial charge in [-0.1, -0.05) is 47.5 Å². The number of benzene rings is 3. The van der Waals surface area contributed by atoms with Crippen molar-refractivity contribution in [1.82, 2.24) is 4.90 Å². The minimum absolute atomic E-state index is 0.0644. The van der Waals surface area contributed by atoms with Crippen molar-refractivity contribution in [2.75, 3.05) is 13.7 Å². The Labute approximate surface area is 200 Å². The van der Waals surface area contributed by atoms with Gasteiger partial charge >= 0.3 is 0 Å². The third-order valence-corrected chi connectivity index (χ3v) is 6.36. The summed E-state index contributed by atoms with van der Waals surface area (Å²) < 4.78 is 11.2. The fourth-order valence-corrected chi connectivity index (χ4v) is 4.66. The van der Waals surface area contributed by atoms with Crippen molar-refractivity contribution in [1.29, 1.82) is 0 Å². The average Bonchev–Trinajstić information content (AvgIpc) is 3.10. The van der Waals surface area contributed by atoms with Crippen LogP contribution in [0.15, 0.2) is 75.9 Å². The summed E-state index contributed by atoms with van der Waals surface area (Å²) in [5.41, 5.74) is 2.17. The molecule has 1 amide bonds. The van der Waals surface area contributed by atoms with E-state index in [0.29, 0.717) is 39.5 Å². The zero-order valence-corrected chi connectivity index (χ0v) is 19.2. The number of methoxy groups -OCH3 is 1. The minimum atomic E-state index is -0.607. The van der Waals surface area contributed by atoms with E-state index in [4.69, 9.17) is 32.4 Å². The summed E-state index contributed by atoms with van der Waals surface area (Å²) in [4.78, 5) is 28.7. The highest BCUT2D eigenvalue weighted by atomic mass is 35.5. The quantitative estimate of drug-likeness (QED) is 0.357. The molecular weight excluding hydrogens is 461 g/mol. The molecule has 2 heterocycles. The Bertz CT molecular complexity index is 1430. The molecule has 5 nitrogen and oxygen atoms in total. The number of amides is 1. The molecule has 0 bridgehead atoms. The van der Waals surface area contributed by atoms with Gasteiger partial charge in [-0.2, -0.15) is 0 Å². The van der Waals surface area contributed by atoms with E-state index >= 15 is 0 Å². The lowest BCUT2D eigenvalue weighted by atomic mass is 9.98. The van der Waals surface area contributed by atoms with Crippen LogP contribution in [0.5, 0.6) is 5.75 Å². The Kier molecular flexibility index (Phi) is 5.60. The van der Waals surface area contributed by atoms with Crippen LogP contribution in [0.2, 0.25) is 10.0 Å². The van der Waals surface area contributed by atoms with Crippen LogP contribution in [0.1, 0.15) is 33.3 Å². The molecule has 1 atom stereocenters. The molecule has 3 aromatic carbocycles. The minimum Gasteiger partial charge on any atom is -0.497 e. The summed E-state index contributed by atoms with van der Waals surface area (Å²) >= 11 is 12.4. The molecule has 1 aliphatic heterocycles. The Morgan fingerprint density at radius 2 is 1.73 bits per heavy atom. The van der Waals surface area contributed by atoms with Gasteiger partial charge in [0.05, 0.1) is 24.1 Å². The second kappa shape index (κ2) is 8.58. The molecule has 166 valence electrons. The van der Waals surface area contributed by atoms with E-state index in [0.717, 1.165) is 16.9 Å². The van der Waals surface area contributed by atoms with E-state index in [2.05, 4.69) is 0 Å². The summed E-state index contributed by atoms with van der Waals surface area (Å²) in [6, 6.07) is 19.1. The fraction of sp³-hybridized carbons (Fsp3) is 0.154. The molecule has 0 fully saturated rings. The van der Waals surface area contributed by atoms with Crippen molar-refractivity contribution in [3.05, 3.63) is 109 Å². The fourth-order valence-electron chi connectivity index (χ4n) is 4.29. The number of carbonyl (C=O) groups excluding carboxylic acids is 1. The zero-order chi connectivity index (χ0) is 23.1. The van der Waals surface area contributed by atoms with Crippen molar-refractivity contribution in [2.45, 2.75) is 12.5 Å². The lowest BCUT2D eigenvalue weighted by Crippen LogP contribution is -2.31. The molecular formula is C26H19Cl2NO4. The highest BCUT2D eigenvalue weighted by Gasteiger charge is 2.42. The summed E-state index contributed by atoms with van der Waals surface area (Å²) in [6.45, 7) is 0.392. The molecule has 0 spiro atoms. The molecule has 1 aliphatic rings. The number of fused-ring (bicyclic) bond motifs is 2. The molecule has 0 N–H and O–H groups in total. The van der Waals surface area contributed by atoms with Gasteiger partial charge in [-0.05, 0) is 60.0 Å². The number of halogens is 2. The van der Waals surface area contributed by atoms with Crippen molar-refractivity contribution >= 4 is 40.1 Å². The Morgan fingerprint density at radius 3 is 2.45 bits per heavy atom. The van der Waals surface area contributed by atoms with E-state index < -0.39 is 6.04 Å². The van der Waals surface area contributed by atoms with Gasteiger partial charge in [-0.15, -0.1) is 0 Å². The van der Waals surface area contributed by atoms with E-state index in [-0.39, 0.29) is 17.1 Å². The number of nitrogens with zero attached hydrogens (tertiary/aromatic N) is 1. The standard InChI is InChI=1S/C26H19Cl2NO4/c1-32-19-8-5-15(6-9-19)11-12-29-23(16-3-2-4-17(27)13-16)22-24(30)20-14-18(28)7-10-21(20)33-25(22)26(29)31/h2-10,13-14,23H,11-12H2,1H3/t23-/m0/s1. The van der Waals surface area contributed by atoms with E-state index in [1.54, 1.807) is 48.4 Å². The van der Waals surface area contributed by atoms with Crippen LogP contribution in [-0.4, -0.2) is 24.5 Å². The Hall–Kier alpha value is -3.28. The summed E-state index contributed by atoms with van der Waals surface area (Å²) in [7, 11) is 1.62. The van der Waals surface area contributed by atoms with Crippen molar-refractivity contribution < 1.29 is 13.9 Å². The first-order valence-electron chi connectivity index (χ1n) is 10.4. The van der Waals surface area contributed by atoms with Crippen LogP contribution in [0, 0.1) is 0 Å². The number of hydrogen-bond donors (Lipinski definition) is 0. The molecule has 0 saturated carbocycles. The smallest absolute Gasteiger partial charge is 0.290 e. The van der Waals surface area contributed by atoms with Crippen LogP contribution in [0.4, 0.5) is 0 Å². The SMILES string of the molecule is COc1ccc(CCN2C(=O)c3oc4ccc(Cl)cc4c(=O)c3[C@@H]2c2cccc(Cl)c2)cc1. The first-order valence-corrected chi connectivity index (χ1v) is 11.2. The van der Waals surface area contributed by atoms with Crippen LogP contribution < -0.4 is 10.2 Å². The van der Waals surface area contributed by atoms with Crippen molar-refractivity contribution in [2.24, 2.45) is 0 Å². The highest BCUT2D eigenvalue weighted by molar-refractivity contribution is 6.31. The van der Waals surface area contributed by atoms with E-state index in [1.165, 1.54) is 0 Å². The van der Waals surface area contributed by atoms with Gasteiger partial charge in [0.25, 0.3) is 5.91 Å². The predicted molar refractivity (Wildman–Crippen MR) is 129 cm³/mol. The summed E-state index contributed by atoms with van der Waals surface area (Å²) in [5.74, 6) is 0.507. The van der Waals surface area contributed by atoms with Crippen LogP contribution in [-0.2, 0) is 6.42 Å². The van der Waals surface area contributed by atoms with Crippen molar-refractivity contribution in [3.63, 3.8) is 0 Å². The largest absolute Gasteiger partial charge is 0.497 e. The molecule has 4 aromatic rings. The normalized spacial score (nSPS) is 15.2. The van der Waals surface area contributed by atoms with Crippen LogP contribution in [0.25, 0.3) is 11.0 Å². The van der Waals surface area contributed by atoms with Gasteiger partial charge in [0.1, 0.15) is 11.3 Å². The first-order chi connectivity index (χ1) is 16.0. The predicted octanol–water partition coefficient (Wildman–Crippen LogP) is 5.90. The first kappa shape index (κ1) is 21.6. The number of rotatable bonds is 5. The molecule has 0 unspecified atom stereocenters. The third kappa shape index (κ3) is 3.88. The summed E-state index contributed by atoms with van der Waals surface area (Å²) in [6.07, 6.45) is 0.598. The lowest BCUT2D eigenvalue weighted by molar-refractivity contribution is 0.0730. The van der Waals surface area contributed by atoms with Gasteiger partial charge in [0.2, 0.25) is 5.76 Å². The number of carbonyl (C=O) groups is 1. The molecule has 0 radical (unpaired) electrons. The molecule has 5 rings (SSSR count). The molecule has 1 aromatic heterocycles. The Morgan fingerprint density at radius 1 is 0.970 bits per heavy atom. The maximum atomic E-state index is 13.5. The maximum Gasteiger partial charge on any atom is 0.290 e. The zero-order valence-electron chi connectivity index (χ0n) is 17.7. The van der Waals surface area contributed by atoms with E-state index in [9.17, 15) is 9.59 Å². The number of hydrogen-bond acceptors (Lipinski definition) is 4.